The molecule has 8 heteroatoms. The van der Waals surface area contributed by atoms with E-state index in [-0.39, 0.29) is 5.57 Å². The molecule has 0 aliphatic carbocycles. The highest BCUT2D eigenvalue weighted by Gasteiger charge is 2.36. The Hall–Kier alpha value is -4.59. The zero-order chi connectivity index (χ0) is 27.9. The first-order valence-corrected chi connectivity index (χ1v) is 12.8. The number of anilines is 1. The maximum atomic E-state index is 13.3. The van der Waals surface area contributed by atoms with E-state index in [9.17, 15) is 14.4 Å². The SMILES string of the molecule is CCCCOc1ccc(N2C(=O)NC(=O)/C(=C/c3ccc(OCc4ccc(C)c(C)c4)c(OC)c3)C2=O)cc1. The van der Waals surface area contributed by atoms with Crippen molar-refractivity contribution in [3.63, 3.8) is 0 Å². The second kappa shape index (κ2) is 12.3. The van der Waals surface area contributed by atoms with E-state index in [2.05, 4.69) is 38.2 Å². The van der Waals surface area contributed by atoms with Crippen LogP contribution in [0.4, 0.5) is 10.5 Å². The molecule has 1 aliphatic heterocycles. The monoisotopic (exact) mass is 528 g/mol. The van der Waals surface area contributed by atoms with Crippen LogP contribution in [0.1, 0.15) is 42.0 Å². The molecule has 1 fully saturated rings. The number of methoxy groups -OCH3 is 1. The van der Waals surface area contributed by atoms with Crippen molar-refractivity contribution in [1.82, 2.24) is 5.32 Å². The van der Waals surface area contributed by atoms with Gasteiger partial charge in [-0.3, -0.25) is 14.9 Å². The van der Waals surface area contributed by atoms with E-state index < -0.39 is 17.8 Å². The van der Waals surface area contributed by atoms with Crippen molar-refractivity contribution in [3.05, 3.63) is 88.5 Å². The van der Waals surface area contributed by atoms with Gasteiger partial charge in [-0.25, -0.2) is 9.69 Å². The number of unbranched alkanes of at least 4 members (excludes halogenated alkanes) is 1. The van der Waals surface area contributed by atoms with Gasteiger partial charge in [-0.1, -0.05) is 37.6 Å². The fourth-order valence-electron chi connectivity index (χ4n) is 4.03. The van der Waals surface area contributed by atoms with E-state index in [4.69, 9.17) is 14.2 Å². The maximum Gasteiger partial charge on any atom is 0.335 e. The lowest BCUT2D eigenvalue weighted by atomic mass is 10.1. The highest BCUT2D eigenvalue weighted by Crippen LogP contribution is 2.31. The second-order valence-corrected chi connectivity index (χ2v) is 9.27. The molecule has 202 valence electrons. The topological polar surface area (TPSA) is 94.2 Å². The number of barbiturate groups is 1. The number of hydrogen-bond donors (Lipinski definition) is 1. The third kappa shape index (κ3) is 6.46. The summed E-state index contributed by atoms with van der Waals surface area (Å²) in [5, 5.41) is 2.24. The Morgan fingerprint density at radius 3 is 2.33 bits per heavy atom. The van der Waals surface area contributed by atoms with Gasteiger partial charge < -0.3 is 14.2 Å². The quantitative estimate of drug-likeness (QED) is 0.205. The number of rotatable bonds is 10. The van der Waals surface area contributed by atoms with Crippen molar-refractivity contribution in [2.45, 2.75) is 40.2 Å². The number of imide groups is 2. The Labute approximate surface area is 228 Å². The van der Waals surface area contributed by atoms with Gasteiger partial charge in [-0.2, -0.15) is 0 Å². The smallest absolute Gasteiger partial charge is 0.335 e. The third-order valence-electron chi connectivity index (χ3n) is 6.43. The van der Waals surface area contributed by atoms with Crippen LogP contribution in [0.15, 0.2) is 66.2 Å². The molecular formula is C31H32N2O6. The van der Waals surface area contributed by atoms with Crippen molar-refractivity contribution < 1.29 is 28.6 Å². The minimum atomic E-state index is -0.811. The molecule has 1 N–H and O–H groups in total. The fourth-order valence-corrected chi connectivity index (χ4v) is 4.03. The summed E-state index contributed by atoms with van der Waals surface area (Å²) in [6.45, 7) is 7.13. The first-order valence-electron chi connectivity index (χ1n) is 12.8. The average Bonchev–Trinajstić information content (AvgIpc) is 2.93. The van der Waals surface area contributed by atoms with Crippen LogP contribution in [0, 0.1) is 13.8 Å². The minimum Gasteiger partial charge on any atom is -0.494 e. The first kappa shape index (κ1) is 27.4. The molecule has 4 amide bonds. The lowest BCUT2D eigenvalue weighted by Gasteiger charge is -2.26. The van der Waals surface area contributed by atoms with Crippen LogP contribution in [-0.4, -0.2) is 31.6 Å². The molecule has 0 bridgehead atoms. The molecule has 8 nitrogen and oxygen atoms in total. The summed E-state index contributed by atoms with van der Waals surface area (Å²) in [4.78, 5) is 39.4. The number of aryl methyl sites for hydroxylation is 2. The summed E-state index contributed by atoms with van der Waals surface area (Å²) in [6, 6.07) is 17.0. The van der Waals surface area contributed by atoms with Crippen LogP contribution in [-0.2, 0) is 16.2 Å². The van der Waals surface area contributed by atoms with Gasteiger partial charge in [0.25, 0.3) is 11.8 Å². The molecule has 0 atom stereocenters. The number of carbonyl (C=O) groups is 3. The van der Waals surface area contributed by atoms with E-state index in [0.29, 0.717) is 41.7 Å². The summed E-state index contributed by atoms with van der Waals surface area (Å²) in [7, 11) is 1.52. The van der Waals surface area contributed by atoms with Crippen molar-refractivity contribution >= 4 is 29.6 Å². The predicted octanol–water partition coefficient (Wildman–Crippen LogP) is 5.74. The molecule has 0 aromatic heterocycles. The standard InChI is InChI=1S/C31H32N2O6/c1-5-6-15-38-25-12-10-24(11-13-25)33-30(35)26(29(34)32-31(33)36)17-22-9-14-27(28(18-22)37-4)39-19-23-8-7-20(2)21(3)16-23/h7-14,16-18H,5-6,15,19H2,1-4H3,(H,32,34,36)/b26-17-. The van der Waals surface area contributed by atoms with Gasteiger partial charge in [0.05, 0.1) is 19.4 Å². The lowest BCUT2D eigenvalue weighted by Crippen LogP contribution is -2.54. The Morgan fingerprint density at radius 1 is 0.872 bits per heavy atom. The first-order chi connectivity index (χ1) is 18.8. The summed E-state index contributed by atoms with van der Waals surface area (Å²) < 4.78 is 17.1. The van der Waals surface area contributed by atoms with Crippen LogP contribution in [0.5, 0.6) is 17.2 Å². The number of nitrogens with one attached hydrogen (secondary N) is 1. The van der Waals surface area contributed by atoms with Gasteiger partial charge in [-0.15, -0.1) is 0 Å². The van der Waals surface area contributed by atoms with Gasteiger partial charge in [0.1, 0.15) is 17.9 Å². The molecule has 0 saturated carbocycles. The van der Waals surface area contributed by atoms with Crippen LogP contribution in [0.25, 0.3) is 6.08 Å². The summed E-state index contributed by atoms with van der Waals surface area (Å²) >= 11 is 0. The van der Waals surface area contributed by atoms with Gasteiger partial charge >= 0.3 is 6.03 Å². The highest BCUT2D eigenvalue weighted by molar-refractivity contribution is 6.39. The molecule has 0 radical (unpaired) electrons. The summed E-state index contributed by atoms with van der Waals surface area (Å²) in [6.07, 6.45) is 3.36. The number of amides is 4. The van der Waals surface area contributed by atoms with Crippen molar-refractivity contribution in [1.29, 1.82) is 0 Å². The number of carbonyl (C=O) groups excluding carboxylic acids is 3. The number of nitrogens with zero attached hydrogens (tertiary/aromatic N) is 1. The van der Waals surface area contributed by atoms with Crippen LogP contribution < -0.4 is 24.4 Å². The fraction of sp³-hybridized carbons (Fsp3) is 0.258. The van der Waals surface area contributed by atoms with Gasteiger partial charge in [-0.05, 0) is 85.0 Å². The van der Waals surface area contributed by atoms with E-state index in [1.54, 1.807) is 42.5 Å². The molecule has 3 aromatic rings. The average molecular weight is 529 g/mol. The van der Waals surface area contributed by atoms with Gasteiger partial charge in [0.2, 0.25) is 0 Å². The molecule has 0 spiro atoms. The van der Waals surface area contributed by atoms with E-state index >= 15 is 0 Å². The Balaban J connectivity index is 1.53. The molecule has 0 unspecified atom stereocenters. The number of hydrogen-bond acceptors (Lipinski definition) is 6. The molecule has 1 aliphatic rings. The Morgan fingerprint density at radius 2 is 1.64 bits per heavy atom. The minimum absolute atomic E-state index is 0.177. The van der Waals surface area contributed by atoms with E-state index in [0.717, 1.165) is 23.3 Å². The lowest BCUT2D eigenvalue weighted by molar-refractivity contribution is -0.122. The Bertz CT molecular complexity index is 1410. The highest BCUT2D eigenvalue weighted by atomic mass is 16.5. The largest absolute Gasteiger partial charge is 0.494 e. The van der Waals surface area contributed by atoms with Gasteiger partial charge in [0.15, 0.2) is 11.5 Å². The Kier molecular flexibility index (Phi) is 8.66. The number of ether oxygens (including phenoxy) is 3. The zero-order valence-electron chi connectivity index (χ0n) is 22.6. The molecule has 1 saturated heterocycles. The van der Waals surface area contributed by atoms with Crippen LogP contribution >= 0.6 is 0 Å². The van der Waals surface area contributed by atoms with Crippen molar-refractivity contribution in [2.75, 3.05) is 18.6 Å². The van der Waals surface area contributed by atoms with Crippen LogP contribution in [0.3, 0.4) is 0 Å². The third-order valence-corrected chi connectivity index (χ3v) is 6.43. The van der Waals surface area contributed by atoms with Gasteiger partial charge in [0, 0.05) is 0 Å². The summed E-state index contributed by atoms with van der Waals surface area (Å²) in [5.74, 6) is 0.113. The van der Waals surface area contributed by atoms with E-state index in [1.807, 2.05) is 6.07 Å². The van der Waals surface area contributed by atoms with Crippen molar-refractivity contribution in [2.24, 2.45) is 0 Å². The second-order valence-electron chi connectivity index (χ2n) is 9.27. The number of benzene rings is 3. The zero-order valence-corrected chi connectivity index (χ0v) is 22.6. The predicted molar refractivity (Wildman–Crippen MR) is 149 cm³/mol. The van der Waals surface area contributed by atoms with Crippen molar-refractivity contribution in [3.8, 4) is 17.2 Å². The molecule has 4 rings (SSSR count). The number of urea groups is 1. The molecule has 1 heterocycles. The maximum absolute atomic E-state index is 13.3. The van der Waals surface area contributed by atoms with Crippen LogP contribution in [0.2, 0.25) is 0 Å². The summed E-state index contributed by atoms with van der Waals surface area (Å²) in [5.41, 5.74) is 4.11. The van der Waals surface area contributed by atoms with E-state index in [1.165, 1.54) is 24.3 Å². The normalized spacial score (nSPS) is 14.4. The molecule has 39 heavy (non-hydrogen) atoms. The molecule has 3 aromatic carbocycles. The molecular weight excluding hydrogens is 496 g/mol.